The predicted molar refractivity (Wildman–Crippen MR) is 77.5 cm³/mol. The smallest absolute Gasteiger partial charge is 0.254 e. The maximum atomic E-state index is 12.6. The molecule has 0 radical (unpaired) electrons. The maximum Gasteiger partial charge on any atom is 0.254 e. The van der Waals surface area contributed by atoms with E-state index in [2.05, 4.69) is 4.98 Å². The molecule has 2 aromatic rings. The lowest BCUT2D eigenvalue weighted by Crippen LogP contribution is -2.39. The number of carbonyl (C=O) groups excluding carboxylic acids is 1. The van der Waals surface area contributed by atoms with Crippen LogP contribution in [0.15, 0.2) is 36.5 Å². The summed E-state index contributed by atoms with van der Waals surface area (Å²) in [7, 11) is 0. The van der Waals surface area contributed by atoms with Gasteiger partial charge in [0, 0.05) is 31.3 Å². The number of amides is 1. The Morgan fingerprint density at radius 3 is 2.75 bits per heavy atom. The molecule has 1 aromatic carbocycles. The number of benzene rings is 1. The fraction of sp³-hybridized carbons (Fsp3) is 0.375. The van der Waals surface area contributed by atoms with Crippen LogP contribution in [0.25, 0.3) is 10.9 Å². The van der Waals surface area contributed by atoms with E-state index in [-0.39, 0.29) is 12.5 Å². The molecule has 0 aliphatic carbocycles. The van der Waals surface area contributed by atoms with Crippen molar-refractivity contribution in [1.82, 2.24) is 9.88 Å². The molecule has 1 fully saturated rings. The molecule has 0 spiro atoms. The van der Waals surface area contributed by atoms with Gasteiger partial charge < -0.3 is 10.0 Å². The van der Waals surface area contributed by atoms with Gasteiger partial charge >= 0.3 is 0 Å². The molecule has 0 unspecified atom stereocenters. The van der Waals surface area contributed by atoms with Gasteiger partial charge in [0.2, 0.25) is 0 Å². The number of likely N-dealkylation sites (tertiary alicyclic amines) is 1. The number of rotatable bonds is 2. The van der Waals surface area contributed by atoms with Crippen LogP contribution >= 0.6 is 0 Å². The summed E-state index contributed by atoms with van der Waals surface area (Å²) in [4.78, 5) is 18.8. The van der Waals surface area contributed by atoms with Crippen LogP contribution < -0.4 is 0 Å². The number of para-hydroxylation sites is 1. The number of hydrogen-bond donors (Lipinski definition) is 1. The zero-order valence-electron chi connectivity index (χ0n) is 11.3. The molecule has 1 aliphatic rings. The first-order valence-electron chi connectivity index (χ1n) is 7.03. The van der Waals surface area contributed by atoms with Crippen molar-refractivity contribution in [3.05, 3.63) is 42.1 Å². The third-order valence-corrected chi connectivity index (χ3v) is 4.04. The van der Waals surface area contributed by atoms with Gasteiger partial charge in [0.05, 0.1) is 11.1 Å². The Balaban J connectivity index is 1.86. The van der Waals surface area contributed by atoms with Crippen LogP contribution in [0.1, 0.15) is 23.2 Å². The first-order chi connectivity index (χ1) is 9.79. The third-order valence-electron chi connectivity index (χ3n) is 4.04. The van der Waals surface area contributed by atoms with Crippen molar-refractivity contribution in [3.8, 4) is 0 Å². The summed E-state index contributed by atoms with van der Waals surface area (Å²) in [6, 6.07) is 9.51. The molecule has 4 heteroatoms. The van der Waals surface area contributed by atoms with Gasteiger partial charge in [-0.25, -0.2) is 0 Å². The van der Waals surface area contributed by atoms with Gasteiger partial charge in [-0.3, -0.25) is 9.78 Å². The maximum absolute atomic E-state index is 12.6. The number of carbonyl (C=O) groups is 1. The average Bonchev–Trinajstić information content (AvgIpc) is 2.54. The summed E-state index contributed by atoms with van der Waals surface area (Å²) in [5.41, 5.74) is 1.57. The second kappa shape index (κ2) is 5.59. The summed E-state index contributed by atoms with van der Waals surface area (Å²) >= 11 is 0. The average molecular weight is 270 g/mol. The lowest BCUT2D eigenvalue weighted by atomic mass is 9.97. The topological polar surface area (TPSA) is 53.4 Å². The Morgan fingerprint density at radius 1 is 1.25 bits per heavy atom. The molecule has 4 nitrogen and oxygen atoms in total. The minimum Gasteiger partial charge on any atom is -0.396 e. The van der Waals surface area contributed by atoms with E-state index in [1.807, 2.05) is 29.2 Å². The van der Waals surface area contributed by atoms with Gasteiger partial charge in [0.1, 0.15) is 0 Å². The van der Waals surface area contributed by atoms with Crippen molar-refractivity contribution in [2.75, 3.05) is 19.7 Å². The standard InChI is InChI=1S/C16H18N2O2/c19-11-12-6-9-18(10-7-12)16(20)14-5-8-17-15-4-2-1-3-13(14)15/h1-5,8,12,19H,6-7,9-11H2. The summed E-state index contributed by atoms with van der Waals surface area (Å²) in [5, 5.41) is 10.1. The van der Waals surface area contributed by atoms with Crippen LogP contribution in [0.5, 0.6) is 0 Å². The molecular weight excluding hydrogens is 252 g/mol. The highest BCUT2D eigenvalue weighted by atomic mass is 16.3. The second-order valence-electron chi connectivity index (χ2n) is 5.29. The van der Waals surface area contributed by atoms with E-state index >= 15 is 0 Å². The van der Waals surface area contributed by atoms with Crippen LogP contribution in [0.4, 0.5) is 0 Å². The Labute approximate surface area is 118 Å². The van der Waals surface area contributed by atoms with Gasteiger partial charge in [0.25, 0.3) is 5.91 Å². The summed E-state index contributed by atoms with van der Waals surface area (Å²) in [5.74, 6) is 0.410. The number of piperidine rings is 1. The molecule has 1 aliphatic heterocycles. The van der Waals surface area contributed by atoms with Gasteiger partial charge in [-0.15, -0.1) is 0 Å². The molecule has 1 amide bonds. The lowest BCUT2D eigenvalue weighted by molar-refractivity contribution is 0.0653. The quantitative estimate of drug-likeness (QED) is 0.909. The van der Waals surface area contributed by atoms with Crippen LogP contribution in [0.2, 0.25) is 0 Å². The van der Waals surface area contributed by atoms with E-state index in [1.165, 1.54) is 0 Å². The molecule has 1 aromatic heterocycles. The zero-order valence-corrected chi connectivity index (χ0v) is 11.3. The van der Waals surface area contributed by atoms with Crippen molar-refractivity contribution in [2.45, 2.75) is 12.8 Å². The molecule has 1 N–H and O–H groups in total. The van der Waals surface area contributed by atoms with E-state index in [0.717, 1.165) is 42.4 Å². The molecule has 3 rings (SSSR count). The summed E-state index contributed by atoms with van der Waals surface area (Å²) < 4.78 is 0. The fourth-order valence-corrected chi connectivity index (χ4v) is 2.77. The molecule has 2 heterocycles. The number of aromatic nitrogens is 1. The first-order valence-corrected chi connectivity index (χ1v) is 7.03. The molecule has 0 atom stereocenters. The number of aliphatic hydroxyl groups excluding tert-OH is 1. The highest BCUT2D eigenvalue weighted by molar-refractivity contribution is 6.05. The van der Waals surface area contributed by atoms with Gasteiger partial charge in [-0.05, 0) is 30.9 Å². The number of fused-ring (bicyclic) bond motifs is 1. The highest BCUT2D eigenvalue weighted by Crippen LogP contribution is 2.22. The number of aliphatic hydroxyl groups is 1. The van der Waals surface area contributed by atoms with Crippen molar-refractivity contribution in [1.29, 1.82) is 0 Å². The van der Waals surface area contributed by atoms with Crippen molar-refractivity contribution < 1.29 is 9.90 Å². The molecular formula is C16H18N2O2. The fourth-order valence-electron chi connectivity index (χ4n) is 2.77. The molecule has 20 heavy (non-hydrogen) atoms. The Hall–Kier alpha value is -1.94. The predicted octanol–water partition coefficient (Wildman–Crippen LogP) is 2.08. The molecule has 104 valence electrons. The van der Waals surface area contributed by atoms with Gasteiger partial charge in [0.15, 0.2) is 0 Å². The van der Waals surface area contributed by atoms with E-state index in [9.17, 15) is 4.79 Å². The number of nitrogens with zero attached hydrogens (tertiary/aromatic N) is 2. The van der Waals surface area contributed by atoms with Crippen LogP contribution in [-0.4, -0.2) is 40.6 Å². The van der Waals surface area contributed by atoms with E-state index in [4.69, 9.17) is 5.11 Å². The van der Waals surface area contributed by atoms with Crippen LogP contribution in [0, 0.1) is 5.92 Å². The normalized spacial score (nSPS) is 16.6. The van der Waals surface area contributed by atoms with E-state index < -0.39 is 0 Å². The monoisotopic (exact) mass is 270 g/mol. The highest BCUT2D eigenvalue weighted by Gasteiger charge is 2.24. The third kappa shape index (κ3) is 2.39. The second-order valence-corrected chi connectivity index (χ2v) is 5.29. The summed E-state index contributed by atoms with van der Waals surface area (Å²) in [6.07, 6.45) is 3.45. The largest absolute Gasteiger partial charge is 0.396 e. The van der Waals surface area contributed by atoms with Gasteiger partial charge in [-0.1, -0.05) is 18.2 Å². The Morgan fingerprint density at radius 2 is 2.00 bits per heavy atom. The van der Waals surface area contributed by atoms with Crippen LogP contribution in [-0.2, 0) is 0 Å². The number of pyridine rings is 1. The van der Waals surface area contributed by atoms with E-state index in [1.54, 1.807) is 12.3 Å². The van der Waals surface area contributed by atoms with Crippen molar-refractivity contribution >= 4 is 16.8 Å². The lowest BCUT2D eigenvalue weighted by Gasteiger charge is -2.31. The van der Waals surface area contributed by atoms with Crippen molar-refractivity contribution in [3.63, 3.8) is 0 Å². The first kappa shape index (κ1) is 13.1. The molecule has 0 saturated carbocycles. The summed E-state index contributed by atoms with van der Waals surface area (Å²) in [6.45, 7) is 1.67. The number of hydrogen-bond acceptors (Lipinski definition) is 3. The minimum atomic E-state index is 0.0694. The minimum absolute atomic E-state index is 0.0694. The van der Waals surface area contributed by atoms with Gasteiger partial charge in [-0.2, -0.15) is 0 Å². The molecule has 0 bridgehead atoms. The Kier molecular flexibility index (Phi) is 3.65. The van der Waals surface area contributed by atoms with Crippen molar-refractivity contribution in [2.24, 2.45) is 5.92 Å². The van der Waals surface area contributed by atoms with Crippen LogP contribution in [0.3, 0.4) is 0 Å². The Bertz CT molecular complexity index is 613. The zero-order chi connectivity index (χ0) is 13.9. The van der Waals surface area contributed by atoms with E-state index in [0.29, 0.717) is 5.92 Å². The SMILES string of the molecule is O=C(c1ccnc2ccccc12)N1CCC(CO)CC1. The molecule has 1 saturated heterocycles.